The van der Waals surface area contributed by atoms with Crippen LogP contribution in [0.3, 0.4) is 0 Å². The van der Waals surface area contributed by atoms with Gasteiger partial charge >= 0.3 is 0 Å². The number of amides is 1. The minimum atomic E-state index is -3.49. The second-order valence-corrected chi connectivity index (χ2v) is 9.83. The van der Waals surface area contributed by atoms with Crippen LogP contribution in [0.15, 0.2) is 66.0 Å². The van der Waals surface area contributed by atoms with E-state index in [-0.39, 0.29) is 11.7 Å². The molecule has 5 nitrogen and oxygen atoms in total. The number of carbonyl (C=O) groups excluding carboxylic acids is 1. The van der Waals surface area contributed by atoms with Crippen molar-refractivity contribution < 1.29 is 13.2 Å². The van der Waals surface area contributed by atoms with E-state index < -0.39 is 10.0 Å². The summed E-state index contributed by atoms with van der Waals surface area (Å²) in [5.41, 5.74) is 3.32. The van der Waals surface area contributed by atoms with Crippen molar-refractivity contribution in [1.82, 2.24) is 0 Å². The number of hydrogen-bond donors (Lipinski definition) is 1. The van der Waals surface area contributed by atoms with Crippen molar-refractivity contribution >= 4 is 38.6 Å². The summed E-state index contributed by atoms with van der Waals surface area (Å²) >= 11 is 1.42. The lowest BCUT2D eigenvalue weighted by Crippen LogP contribution is -2.35. The van der Waals surface area contributed by atoms with Crippen molar-refractivity contribution in [2.45, 2.75) is 19.3 Å². The van der Waals surface area contributed by atoms with Crippen LogP contribution in [0, 0.1) is 0 Å². The number of nitrogens with one attached hydrogen (secondary N) is 1. The van der Waals surface area contributed by atoms with Crippen molar-refractivity contribution in [3.8, 4) is 0 Å². The zero-order valence-corrected chi connectivity index (χ0v) is 17.5. The summed E-state index contributed by atoms with van der Waals surface area (Å²) in [6.45, 7) is 0.633. The molecule has 0 bridgehead atoms. The van der Waals surface area contributed by atoms with Gasteiger partial charge in [-0.1, -0.05) is 42.5 Å². The molecular formula is C22H22N2O3S2. The van der Waals surface area contributed by atoms with E-state index in [1.807, 2.05) is 53.9 Å². The summed E-state index contributed by atoms with van der Waals surface area (Å²) in [6, 6.07) is 18.7. The van der Waals surface area contributed by atoms with Crippen LogP contribution in [-0.4, -0.2) is 26.6 Å². The van der Waals surface area contributed by atoms with Gasteiger partial charge in [-0.2, -0.15) is 0 Å². The summed E-state index contributed by atoms with van der Waals surface area (Å²) in [5.74, 6) is -0.0311. The molecule has 1 N–H and O–H groups in total. The molecule has 0 unspecified atom stereocenters. The molecule has 2 aromatic carbocycles. The number of rotatable bonds is 6. The summed E-state index contributed by atoms with van der Waals surface area (Å²) < 4.78 is 27.8. The topological polar surface area (TPSA) is 66.5 Å². The van der Waals surface area contributed by atoms with E-state index >= 15 is 0 Å². The predicted molar refractivity (Wildman–Crippen MR) is 118 cm³/mol. The van der Waals surface area contributed by atoms with Crippen molar-refractivity contribution in [2.24, 2.45) is 0 Å². The van der Waals surface area contributed by atoms with Gasteiger partial charge in [0.05, 0.1) is 16.3 Å². The number of carbonyl (C=O) groups is 1. The van der Waals surface area contributed by atoms with E-state index in [9.17, 15) is 13.2 Å². The zero-order chi connectivity index (χ0) is 20.3. The molecule has 0 aliphatic carbocycles. The number of sulfonamides is 1. The number of aryl methyl sites for hydroxylation is 2. The van der Waals surface area contributed by atoms with Gasteiger partial charge in [0.1, 0.15) is 0 Å². The first-order valence-corrected chi connectivity index (χ1v) is 12.1. The molecule has 1 aliphatic rings. The molecule has 0 radical (unpaired) electrons. The number of benzene rings is 2. The van der Waals surface area contributed by atoms with Crippen LogP contribution in [-0.2, 0) is 22.9 Å². The highest BCUT2D eigenvalue weighted by Crippen LogP contribution is 2.32. The lowest BCUT2D eigenvalue weighted by atomic mass is 10.0. The standard InChI is InChI=1S/C22H22N2O3S2/c25-22(21-9-5-14-28-21)24-13-4-8-18-10-11-19(16-20(18)24)23-29(26,27)15-12-17-6-2-1-3-7-17/h1-3,5-7,9-11,14,16,23H,4,8,12-13,15H2. The van der Waals surface area contributed by atoms with Crippen LogP contribution in [0.4, 0.5) is 11.4 Å². The Kier molecular flexibility index (Phi) is 5.69. The van der Waals surface area contributed by atoms with Gasteiger partial charge < -0.3 is 4.90 Å². The zero-order valence-electron chi connectivity index (χ0n) is 15.9. The van der Waals surface area contributed by atoms with Gasteiger partial charge in [-0.15, -0.1) is 11.3 Å². The molecule has 4 rings (SSSR count). The molecule has 0 fully saturated rings. The number of hydrogen-bond acceptors (Lipinski definition) is 4. The number of thiophene rings is 1. The molecule has 1 aromatic heterocycles. The summed E-state index contributed by atoms with van der Waals surface area (Å²) in [6.07, 6.45) is 2.22. The third kappa shape index (κ3) is 4.68. The smallest absolute Gasteiger partial charge is 0.268 e. The first-order chi connectivity index (χ1) is 14.0. The van der Waals surface area contributed by atoms with Crippen molar-refractivity contribution in [3.05, 3.63) is 82.0 Å². The average Bonchev–Trinajstić information content (AvgIpc) is 3.27. The lowest BCUT2D eigenvalue weighted by molar-refractivity contribution is 0.0989. The molecule has 0 spiro atoms. The van der Waals surface area contributed by atoms with Gasteiger partial charge in [-0.3, -0.25) is 9.52 Å². The molecule has 0 atom stereocenters. The average molecular weight is 427 g/mol. The minimum absolute atomic E-state index is 0.00589. The van der Waals surface area contributed by atoms with Crippen LogP contribution >= 0.6 is 11.3 Å². The van der Waals surface area contributed by atoms with Crippen molar-refractivity contribution in [2.75, 3.05) is 21.9 Å². The van der Waals surface area contributed by atoms with Gasteiger partial charge in [0.25, 0.3) is 5.91 Å². The van der Waals surface area contributed by atoms with Gasteiger partial charge in [0.2, 0.25) is 10.0 Å². The van der Waals surface area contributed by atoms with Crippen LogP contribution in [0.2, 0.25) is 0 Å². The molecule has 150 valence electrons. The summed E-state index contributed by atoms with van der Waals surface area (Å²) in [7, 11) is -3.49. The van der Waals surface area contributed by atoms with E-state index in [0.717, 1.165) is 29.7 Å². The third-order valence-electron chi connectivity index (χ3n) is 4.96. The Bertz CT molecular complexity index is 1090. The molecule has 7 heteroatoms. The molecule has 0 saturated heterocycles. The fourth-order valence-corrected chi connectivity index (χ4v) is 5.27. The Balaban J connectivity index is 1.52. The minimum Gasteiger partial charge on any atom is -0.307 e. The van der Waals surface area contributed by atoms with E-state index in [0.29, 0.717) is 23.5 Å². The molecule has 1 amide bonds. The van der Waals surface area contributed by atoms with E-state index in [1.165, 1.54) is 11.3 Å². The summed E-state index contributed by atoms with van der Waals surface area (Å²) in [4.78, 5) is 15.3. The Morgan fingerprint density at radius 1 is 1.07 bits per heavy atom. The van der Waals surface area contributed by atoms with Gasteiger partial charge in [0.15, 0.2) is 0 Å². The molecule has 3 aromatic rings. The highest BCUT2D eigenvalue weighted by molar-refractivity contribution is 7.92. The monoisotopic (exact) mass is 426 g/mol. The van der Waals surface area contributed by atoms with Crippen LogP contribution in [0.1, 0.15) is 27.2 Å². The van der Waals surface area contributed by atoms with Crippen LogP contribution in [0.5, 0.6) is 0 Å². The van der Waals surface area contributed by atoms with E-state index in [2.05, 4.69) is 4.72 Å². The maximum Gasteiger partial charge on any atom is 0.268 e. The lowest BCUT2D eigenvalue weighted by Gasteiger charge is -2.29. The highest BCUT2D eigenvalue weighted by atomic mass is 32.2. The van der Waals surface area contributed by atoms with Crippen molar-refractivity contribution in [1.29, 1.82) is 0 Å². The Labute approximate surface area is 175 Å². The number of anilines is 2. The normalized spacial score (nSPS) is 13.7. The number of nitrogens with zero attached hydrogens (tertiary/aromatic N) is 1. The van der Waals surface area contributed by atoms with Crippen molar-refractivity contribution in [3.63, 3.8) is 0 Å². The Hall–Kier alpha value is -2.64. The Morgan fingerprint density at radius 2 is 1.90 bits per heavy atom. The maximum atomic E-state index is 12.9. The van der Waals surface area contributed by atoms with E-state index in [4.69, 9.17) is 0 Å². The first-order valence-electron chi connectivity index (χ1n) is 9.54. The molecular weight excluding hydrogens is 404 g/mol. The largest absolute Gasteiger partial charge is 0.307 e. The second kappa shape index (κ2) is 8.39. The van der Waals surface area contributed by atoms with Crippen LogP contribution < -0.4 is 9.62 Å². The fourth-order valence-electron chi connectivity index (χ4n) is 3.51. The first kappa shape index (κ1) is 19.7. The quantitative estimate of drug-likeness (QED) is 0.638. The van der Waals surface area contributed by atoms with Gasteiger partial charge in [0, 0.05) is 12.2 Å². The maximum absolute atomic E-state index is 12.9. The van der Waals surface area contributed by atoms with Crippen LogP contribution in [0.25, 0.3) is 0 Å². The highest BCUT2D eigenvalue weighted by Gasteiger charge is 2.25. The number of fused-ring (bicyclic) bond motifs is 1. The van der Waals surface area contributed by atoms with Gasteiger partial charge in [-0.25, -0.2) is 8.42 Å². The molecule has 2 heterocycles. The van der Waals surface area contributed by atoms with Gasteiger partial charge in [-0.05, 0) is 54.0 Å². The fraction of sp³-hybridized carbons (Fsp3) is 0.227. The molecule has 0 saturated carbocycles. The van der Waals surface area contributed by atoms with E-state index in [1.54, 1.807) is 17.0 Å². The third-order valence-corrected chi connectivity index (χ3v) is 7.10. The predicted octanol–water partition coefficient (Wildman–Crippen LogP) is 4.33. The molecule has 29 heavy (non-hydrogen) atoms. The summed E-state index contributed by atoms with van der Waals surface area (Å²) in [5, 5.41) is 1.88. The Morgan fingerprint density at radius 3 is 2.66 bits per heavy atom. The SMILES string of the molecule is O=C(c1cccs1)N1CCCc2ccc(NS(=O)(=O)CCc3ccccc3)cc21. The second-order valence-electron chi connectivity index (χ2n) is 7.04. The molecule has 1 aliphatic heterocycles.